The highest BCUT2D eigenvalue weighted by atomic mass is 16.5. The number of ether oxygens (including phenoxy) is 1. The Balaban J connectivity index is 1.50. The van der Waals surface area contributed by atoms with E-state index in [-0.39, 0.29) is 11.7 Å². The second-order valence-electron chi connectivity index (χ2n) is 5.36. The van der Waals surface area contributed by atoms with Gasteiger partial charge in [-0.15, -0.1) is 0 Å². The van der Waals surface area contributed by atoms with E-state index in [0.717, 1.165) is 13.2 Å². The predicted octanol–water partition coefficient (Wildman–Crippen LogP) is 1.05. The molecule has 2 aliphatic heterocycles. The van der Waals surface area contributed by atoms with Gasteiger partial charge in [0.1, 0.15) is 5.82 Å². The number of hydrogen-bond donors (Lipinski definition) is 2. The summed E-state index contributed by atoms with van der Waals surface area (Å²) < 4.78 is 5.85. The Kier molecular flexibility index (Phi) is 3.84. The quantitative estimate of drug-likeness (QED) is 0.857. The first-order chi connectivity index (χ1) is 9.72. The van der Waals surface area contributed by atoms with E-state index in [0.29, 0.717) is 18.4 Å². The molecule has 0 saturated carbocycles. The highest BCUT2D eigenvalue weighted by molar-refractivity contribution is 5.87. The van der Waals surface area contributed by atoms with Crippen molar-refractivity contribution in [2.45, 2.75) is 25.0 Å². The molecule has 6 heteroatoms. The maximum Gasteiger partial charge on any atom is 0.337 e. The van der Waals surface area contributed by atoms with Crippen LogP contribution in [0.5, 0.6) is 0 Å². The second-order valence-corrected chi connectivity index (χ2v) is 5.36. The molecule has 6 nitrogen and oxygen atoms in total. The molecule has 2 N–H and O–H groups in total. The number of carboxylic acid groups (broad SMARTS) is 1. The summed E-state index contributed by atoms with van der Waals surface area (Å²) in [6.07, 6.45) is 4.05. The van der Waals surface area contributed by atoms with Gasteiger partial charge in [0.05, 0.1) is 18.3 Å². The van der Waals surface area contributed by atoms with E-state index in [1.54, 1.807) is 12.1 Å². The van der Waals surface area contributed by atoms with Gasteiger partial charge in [0, 0.05) is 25.3 Å². The van der Waals surface area contributed by atoms with Gasteiger partial charge in [-0.3, -0.25) is 4.90 Å². The molecule has 0 radical (unpaired) electrons. The fourth-order valence-electron chi connectivity index (χ4n) is 2.85. The molecule has 2 fully saturated rings. The summed E-state index contributed by atoms with van der Waals surface area (Å²) in [4.78, 5) is 17.3. The number of morpholine rings is 1. The number of anilines is 1. The van der Waals surface area contributed by atoms with Crippen LogP contribution < -0.4 is 5.32 Å². The smallest absolute Gasteiger partial charge is 0.337 e. The van der Waals surface area contributed by atoms with Crippen LogP contribution in [0.2, 0.25) is 0 Å². The van der Waals surface area contributed by atoms with Crippen molar-refractivity contribution in [2.75, 3.05) is 31.6 Å². The van der Waals surface area contributed by atoms with E-state index in [4.69, 9.17) is 9.84 Å². The van der Waals surface area contributed by atoms with Gasteiger partial charge in [0.15, 0.2) is 0 Å². The molecule has 0 aromatic carbocycles. The largest absolute Gasteiger partial charge is 0.478 e. The lowest BCUT2D eigenvalue weighted by Crippen LogP contribution is -2.48. The van der Waals surface area contributed by atoms with Gasteiger partial charge in [-0.2, -0.15) is 0 Å². The van der Waals surface area contributed by atoms with Gasteiger partial charge in [-0.1, -0.05) is 0 Å². The van der Waals surface area contributed by atoms with Crippen molar-refractivity contribution in [3.63, 3.8) is 0 Å². The van der Waals surface area contributed by atoms with Crippen LogP contribution in [0.4, 0.5) is 5.82 Å². The predicted molar refractivity (Wildman–Crippen MR) is 74.0 cm³/mol. The van der Waals surface area contributed by atoms with E-state index in [1.807, 2.05) is 0 Å². The Morgan fingerprint density at radius 2 is 2.45 bits per heavy atom. The molecule has 3 heterocycles. The van der Waals surface area contributed by atoms with E-state index in [9.17, 15) is 4.79 Å². The number of carboxylic acids is 1. The van der Waals surface area contributed by atoms with Crippen LogP contribution in [0.25, 0.3) is 0 Å². The van der Waals surface area contributed by atoms with Gasteiger partial charge in [-0.05, 0) is 31.5 Å². The highest BCUT2D eigenvalue weighted by Gasteiger charge is 2.31. The zero-order valence-electron chi connectivity index (χ0n) is 11.3. The lowest BCUT2D eigenvalue weighted by atomic mass is 10.2. The number of rotatable bonds is 4. The maximum absolute atomic E-state index is 10.7. The molecule has 1 aromatic heterocycles. The van der Waals surface area contributed by atoms with Crippen LogP contribution >= 0.6 is 0 Å². The zero-order valence-corrected chi connectivity index (χ0v) is 11.3. The standard InChI is InChI=1S/C14H19N3O3/c18-14(19)10-3-4-13(15-6-10)16-7-12-8-17-5-1-2-11(17)9-20-12/h3-4,6,11-12H,1-2,5,7-9H2,(H,15,16)(H,18,19). The van der Waals surface area contributed by atoms with Crippen LogP contribution in [-0.4, -0.2) is 59.3 Å². The number of fused-ring (bicyclic) bond motifs is 1. The van der Waals surface area contributed by atoms with Crippen molar-refractivity contribution < 1.29 is 14.6 Å². The molecule has 0 spiro atoms. The van der Waals surface area contributed by atoms with Crippen LogP contribution in [0.1, 0.15) is 23.2 Å². The van der Waals surface area contributed by atoms with Crippen molar-refractivity contribution in [3.05, 3.63) is 23.9 Å². The van der Waals surface area contributed by atoms with Gasteiger partial charge in [0.25, 0.3) is 0 Å². The second kappa shape index (κ2) is 5.76. The average molecular weight is 277 g/mol. The minimum absolute atomic E-state index is 0.172. The van der Waals surface area contributed by atoms with Crippen LogP contribution in [0.15, 0.2) is 18.3 Å². The van der Waals surface area contributed by atoms with Gasteiger partial charge >= 0.3 is 5.97 Å². The number of pyridine rings is 1. The number of nitrogens with zero attached hydrogens (tertiary/aromatic N) is 2. The molecule has 1 aromatic rings. The van der Waals surface area contributed by atoms with Gasteiger partial charge in [0.2, 0.25) is 0 Å². The molecule has 2 atom stereocenters. The van der Waals surface area contributed by atoms with Crippen LogP contribution in [-0.2, 0) is 4.74 Å². The molecule has 0 aliphatic carbocycles. The van der Waals surface area contributed by atoms with E-state index in [2.05, 4.69) is 15.2 Å². The fraction of sp³-hybridized carbons (Fsp3) is 0.571. The third-order valence-corrected chi connectivity index (χ3v) is 3.98. The third kappa shape index (κ3) is 2.91. The van der Waals surface area contributed by atoms with Crippen molar-refractivity contribution in [1.29, 1.82) is 0 Å². The van der Waals surface area contributed by atoms with E-state index in [1.165, 1.54) is 25.6 Å². The summed E-state index contributed by atoms with van der Waals surface area (Å²) in [5.41, 5.74) is 0.198. The van der Waals surface area contributed by atoms with Crippen molar-refractivity contribution in [1.82, 2.24) is 9.88 Å². The Morgan fingerprint density at radius 1 is 1.55 bits per heavy atom. The normalized spacial score (nSPS) is 26.2. The number of aromatic nitrogens is 1. The topological polar surface area (TPSA) is 74.7 Å². The minimum atomic E-state index is -0.959. The number of nitrogens with one attached hydrogen (secondary N) is 1. The summed E-state index contributed by atoms with van der Waals surface area (Å²) in [6.45, 7) is 3.65. The molecule has 0 amide bonds. The monoisotopic (exact) mass is 277 g/mol. The van der Waals surface area contributed by atoms with Crippen molar-refractivity contribution in [3.8, 4) is 0 Å². The van der Waals surface area contributed by atoms with Gasteiger partial charge in [-0.25, -0.2) is 9.78 Å². The van der Waals surface area contributed by atoms with Gasteiger partial charge < -0.3 is 15.2 Å². The first-order valence-electron chi connectivity index (χ1n) is 7.01. The summed E-state index contributed by atoms with van der Waals surface area (Å²) in [5, 5.41) is 12.0. The van der Waals surface area contributed by atoms with Crippen LogP contribution in [0.3, 0.4) is 0 Å². The van der Waals surface area contributed by atoms with E-state index < -0.39 is 5.97 Å². The zero-order chi connectivity index (χ0) is 13.9. The summed E-state index contributed by atoms with van der Waals surface area (Å²) in [7, 11) is 0. The molecule has 2 unspecified atom stereocenters. The summed E-state index contributed by atoms with van der Waals surface area (Å²) in [5.74, 6) is -0.276. The lowest BCUT2D eigenvalue weighted by Gasteiger charge is -2.35. The molecule has 20 heavy (non-hydrogen) atoms. The van der Waals surface area contributed by atoms with Crippen molar-refractivity contribution >= 4 is 11.8 Å². The lowest BCUT2D eigenvalue weighted by molar-refractivity contribution is -0.0416. The number of hydrogen-bond acceptors (Lipinski definition) is 5. The number of aromatic carboxylic acids is 1. The summed E-state index contributed by atoms with van der Waals surface area (Å²) >= 11 is 0. The minimum Gasteiger partial charge on any atom is -0.478 e. The van der Waals surface area contributed by atoms with E-state index >= 15 is 0 Å². The molecular formula is C14H19N3O3. The molecular weight excluding hydrogens is 258 g/mol. The highest BCUT2D eigenvalue weighted by Crippen LogP contribution is 2.22. The fourth-order valence-corrected chi connectivity index (χ4v) is 2.85. The Morgan fingerprint density at radius 3 is 3.20 bits per heavy atom. The number of carbonyl (C=O) groups is 1. The van der Waals surface area contributed by atoms with Crippen molar-refractivity contribution in [2.24, 2.45) is 0 Å². The Bertz CT molecular complexity index is 477. The Hall–Kier alpha value is -1.66. The molecule has 2 saturated heterocycles. The maximum atomic E-state index is 10.7. The first-order valence-corrected chi connectivity index (χ1v) is 7.01. The average Bonchev–Trinajstić information content (AvgIpc) is 2.93. The molecule has 0 bridgehead atoms. The molecule has 2 aliphatic rings. The molecule has 3 rings (SSSR count). The SMILES string of the molecule is O=C(O)c1ccc(NCC2CN3CCCC3CO2)nc1. The Labute approximate surface area is 117 Å². The summed E-state index contributed by atoms with van der Waals surface area (Å²) in [6, 6.07) is 3.85. The first kappa shape index (κ1) is 13.3. The molecule has 108 valence electrons. The van der Waals surface area contributed by atoms with Crippen LogP contribution in [0, 0.1) is 0 Å². The third-order valence-electron chi connectivity index (χ3n) is 3.98.